The Morgan fingerprint density at radius 3 is 2.42 bits per heavy atom. The van der Waals surface area contributed by atoms with Crippen molar-refractivity contribution in [2.45, 2.75) is 65.3 Å². The molecule has 3 aliphatic carbocycles. The molecule has 1 saturated heterocycles. The van der Waals surface area contributed by atoms with Crippen LogP contribution in [0.15, 0.2) is 12.1 Å². The second kappa shape index (κ2) is 8.06. The molecule has 0 amide bonds. The molecule has 182 valence electrons. The van der Waals surface area contributed by atoms with Crippen molar-refractivity contribution in [3.8, 4) is 0 Å². The summed E-state index contributed by atoms with van der Waals surface area (Å²) in [5.41, 5.74) is 4.35. The third-order valence-electron chi connectivity index (χ3n) is 9.60. The first-order valence-electron chi connectivity index (χ1n) is 12.6. The van der Waals surface area contributed by atoms with E-state index in [0.29, 0.717) is 18.8 Å². The van der Waals surface area contributed by atoms with Gasteiger partial charge in [0.15, 0.2) is 0 Å². The van der Waals surface area contributed by atoms with E-state index in [1.54, 1.807) is 0 Å². The zero-order valence-corrected chi connectivity index (χ0v) is 21.4. The van der Waals surface area contributed by atoms with Crippen LogP contribution in [-0.2, 0) is 27.7 Å². The Hall–Kier alpha value is -1.44. The van der Waals surface area contributed by atoms with E-state index < -0.39 is 15.4 Å². The molecule has 1 aromatic rings. The Bertz CT molecular complexity index is 1060. The summed E-state index contributed by atoms with van der Waals surface area (Å²) in [5.74, 6) is 0.442. The van der Waals surface area contributed by atoms with Crippen LogP contribution in [-0.4, -0.2) is 64.1 Å². The first kappa shape index (κ1) is 23.3. The lowest BCUT2D eigenvalue weighted by Gasteiger charge is -2.38. The molecule has 3 fully saturated rings. The summed E-state index contributed by atoms with van der Waals surface area (Å²) >= 11 is 0. The monoisotopic (exact) mass is 473 g/mol. The van der Waals surface area contributed by atoms with Gasteiger partial charge in [-0.05, 0) is 80.2 Å². The number of nitrogens with one attached hydrogen (secondary N) is 1. The molecule has 0 spiro atoms. The van der Waals surface area contributed by atoms with Gasteiger partial charge in [0.25, 0.3) is 0 Å². The van der Waals surface area contributed by atoms with Crippen LogP contribution in [0.2, 0.25) is 0 Å². The Morgan fingerprint density at radius 1 is 1.06 bits per heavy atom. The number of carbonyl (C=O) groups is 1. The summed E-state index contributed by atoms with van der Waals surface area (Å²) in [6.07, 6.45) is 4.67. The van der Waals surface area contributed by atoms with Crippen LogP contribution >= 0.6 is 0 Å². The molecular formula is C26H39N3O3S. The molecule has 6 nitrogen and oxygen atoms in total. The number of rotatable bonds is 5. The standard InChI is InChI=1S/C26H39N3O3S/c1-18-5-8-23(29-13-11-28(4)12-14-29)22-16-20(6-7-21(18)22)27-33(31,32)17-26-10-9-19(15-24(26)30)25(26,2)3/h5,8,19-20,27H,6-7,9-17H2,1-4H3/t19-,20-,26-/m1/s1. The fraction of sp³-hybridized carbons (Fsp3) is 0.731. The maximum Gasteiger partial charge on any atom is 0.212 e. The average Bonchev–Trinajstić information content (AvgIpc) is 3.08. The van der Waals surface area contributed by atoms with Crippen LogP contribution in [0.1, 0.15) is 56.2 Å². The van der Waals surface area contributed by atoms with E-state index in [-0.39, 0.29) is 23.0 Å². The van der Waals surface area contributed by atoms with Crippen molar-refractivity contribution < 1.29 is 13.2 Å². The number of hydrogen-bond donors (Lipinski definition) is 1. The van der Waals surface area contributed by atoms with Gasteiger partial charge in [0.1, 0.15) is 5.78 Å². The predicted molar refractivity (Wildman–Crippen MR) is 132 cm³/mol. The molecule has 1 N–H and O–H groups in total. The van der Waals surface area contributed by atoms with Crippen LogP contribution in [0.25, 0.3) is 0 Å². The Morgan fingerprint density at radius 2 is 1.79 bits per heavy atom. The summed E-state index contributed by atoms with van der Waals surface area (Å²) in [6.45, 7) is 10.5. The zero-order valence-electron chi connectivity index (χ0n) is 20.6. The zero-order chi connectivity index (χ0) is 23.6. The van der Waals surface area contributed by atoms with E-state index in [1.807, 2.05) is 0 Å². The van der Waals surface area contributed by atoms with Gasteiger partial charge in [-0.15, -0.1) is 0 Å². The molecule has 5 rings (SSSR count). The SMILES string of the molecule is Cc1ccc(N2CCN(C)CC2)c2c1CC[C@@H](NS(=O)(=O)C[C@]13CC[C@H](CC1=O)C3(C)C)C2. The Balaban J connectivity index is 1.35. The number of piperazine rings is 1. The van der Waals surface area contributed by atoms with Crippen LogP contribution in [0, 0.1) is 23.7 Å². The Labute approximate surface area is 199 Å². The summed E-state index contributed by atoms with van der Waals surface area (Å²) in [5, 5.41) is 0. The van der Waals surface area contributed by atoms with Gasteiger partial charge in [-0.3, -0.25) is 4.79 Å². The second-order valence-electron chi connectivity index (χ2n) is 11.6. The molecule has 1 aromatic carbocycles. The quantitative estimate of drug-likeness (QED) is 0.712. The normalized spacial score (nSPS) is 31.8. The minimum atomic E-state index is -3.56. The van der Waals surface area contributed by atoms with Crippen molar-refractivity contribution in [2.75, 3.05) is 43.9 Å². The second-order valence-corrected chi connectivity index (χ2v) is 13.4. The molecule has 33 heavy (non-hydrogen) atoms. The van der Waals surface area contributed by atoms with Gasteiger partial charge in [-0.25, -0.2) is 13.1 Å². The summed E-state index contributed by atoms with van der Waals surface area (Å²) in [4.78, 5) is 17.7. The van der Waals surface area contributed by atoms with Gasteiger partial charge in [0, 0.05) is 49.7 Å². The summed E-state index contributed by atoms with van der Waals surface area (Å²) in [7, 11) is -1.40. The first-order valence-corrected chi connectivity index (χ1v) is 14.3. The number of nitrogens with zero attached hydrogens (tertiary/aromatic N) is 2. The van der Waals surface area contributed by atoms with E-state index in [1.165, 1.54) is 22.4 Å². The minimum absolute atomic E-state index is 0.0508. The molecule has 2 saturated carbocycles. The van der Waals surface area contributed by atoms with Crippen LogP contribution in [0.3, 0.4) is 0 Å². The van der Waals surface area contributed by atoms with Gasteiger partial charge >= 0.3 is 0 Å². The molecule has 1 aliphatic heterocycles. The maximum absolute atomic E-state index is 13.4. The predicted octanol–water partition coefficient (Wildman–Crippen LogP) is 2.92. The van der Waals surface area contributed by atoms with E-state index in [9.17, 15) is 13.2 Å². The molecule has 2 bridgehead atoms. The molecule has 1 heterocycles. The van der Waals surface area contributed by atoms with Crippen molar-refractivity contribution in [3.05, 3.63) is 28.8 Å². The number of Topliss-reactive ketones (excluding diaryl/α,β-unsaturated/α-hetero) is 1. The number of anilines is 1. The van der Waals surface area contributed by atoms with E-state index in [4.69, 9.17) is 0 Å². The van der Waals surface area contributed by atoms with Crippen LogP contribution in [0.5, 0.6) is 0 Å². The number of likely N-dealkylation sites (N-methyl/N-ethyl adjacent to an activating group) is 1. The maximum atomic E-state index is 13.4. The third-order valence-corrected chi connectivity index (χ3v) is 11.2. The number of carbonyl (C=O) groups excluding carboxylic acids is 1. The van der Waals surface area contributed by atoms with Gasteiger partial charge in [-0.2, -0.15) is 0 Å². The fourth-order valence-corrected chi connectivity index (χ4v) is 9.33. The fourth-order valence-electron chi connectivity index (χ4n) is 7.21. The highest BCUT2D eigenvalue weighted by atomic mass is 32.2. The van der Waals surface area contributed by atoms with E-state index in [0.717, 1.165) is 51.9 Å². The van der Waals surface area contributed by atoms with Crippen molar-refractivity contribution in [1.29, 1.82) is 0 Å². The Kier molecular flexibility index (Phi) is 5.69. The largest absolute Gasteiger partial charge is 0.369 e. The molecule has 3 atom stereocenters. The number of fused-ring (bicyclic) bond motifs is 3. The van der Waals surface area contributed by atoms with Gasteiger partial charge in [0.2, 0.25) is 10.0 Å². The molecule has 0 radical (unpaired) electrons. The molecule has 4 aliphatic rings. The highest BCUT2D eigenvalue weighted by Gasteiger charge is 2.65. The lowest BCUT2D eigenvalue weighted by Crippen LogP contribution is -2.49. The number of ketones is 1. The van der Waals surface area contributed by atoms with Crippen molar-refractivity contribution in [1.82, 2.24) is 9.62 Å². The lowest BCUT2D eigenvalue weighted by molar-refractivity contribution is -0.128. The number of benzene rings is 1. The van der Waals surface area contributed by atoms with E-state index in [2.05, 4.69) is 54.5 Å². The van der Waals surface area contributed by atoms with E-state index >= 15 is 0 Å². The molecule has 0 aromatic heterocycles. The third kappa shape index (κ3) is 3.84. The average molecular weight is 474 g/mol. The van der Waals surface area contributed by atoms with Crippen molar-refractivity contribution >= 4 is 21.5 Å². The number of hydrogen-bond acceptors (Lipinski definition) is 5. The van der Waals surface area contributed by atoms with Gasteiger partial charge < -0.3 is 9.80 Å². The number of aryl methyl sites for hydroxylation is 1. The topological polar surface area (TPSA) is 69.7 Å². The van der Waals surface area contributed by atoms with Gasteiger partial charge in [0.05, 0.1) is 5.75 Å². The summed E-state index contributed by atoms with van der Waals surface area (Å²) < 4.78 is 29.8. The summed E-state index contributed by atoms with van der Waals surface area (Å²) in [6, 6.07) is 4.34. The first-order chi connectivity index (χ1) is 15.5. The molecule has 7 heteroatoms. The molecular weight excluding hydrogens is 434 g/mol. The number of sulfonamides is 1. The highest BCUT2D eigenvalue weighted by Crippen LogP contribution is 2.64. The van der Waals surface area contributed by atoms with Gasteiger partial charge in [-0.1, -0.05) is 19.9 Å². The van der Waals surface area contributed by atoms with Crippen LogP contribution in [0.4, 0.5) is 5.69 Å². The smallest absolute Gasteiger partial charge is 0.212 e. The lowest BCUT2D eigenvalue weighted by atomic mass is 9.70. The van der Waals surface area contributed by atoms with Crippen molar-refractivity contribution in [3.63, 3.8) is 0 Å². The highest BCUT2D eigenvalue weighted by molar-refractivity contribution is 7.89. The minimum Gasteiger partial charge on any atom is -0.369 e. The van der Waals surface area contributed by atoms with Crippen LogP contribution < -0.4 is 9.62 Å². The van der Waals surface area contributed by atoms with Crippen molar-refractivity contribution in [2.24, 2.45) is 16.7 Å². The molecule has 0 unspecified atom stereocenters.